The smallest absolute Gasteiger partial charge is 0.255 e. The first-order valence-corrected chi connectivity index (χ1v) is 7.46. The van der Waals surface area contributed by atoms with Crippen LogP contribution in [0.25, 0.3) is 0 Å². The number of hydrogen-bond acceptors (Lipinski definition) is 3. The molecule has 0 amide bonds. The average Bonchev–Trinajstić information content (AvgIpc) is 3.08. The predicted octanol–water partition coefficient (Wildman–Crippen LogP) is 0.642. The molecular weight excluding hydrogens is 417 g/mol. The molecule has 0 aliphatic carbocycles. The first-order chi connectivity index (χ1) is 10.4. The van der Waals surface area contributed by atoms with Gasteiger partial charge in [0.15, 0.2) is 0 Å². The zero-order valence-electron chi connectivity index (χ0n) is 14.6. The zero-order chi connectivity index (χ0) is 16.0. The third kappa shape index (κ3) is 3.23. The Morgan fingerprint density at radius 1 is 0.583 bits per heavy atom. The number of aryl methyl sites for hydroxylation is 6. The Kier molecular flexibility index (Phi) is 6.63. The molecule has 0 aromatic carbocycles. The van der Waals surface area contributed by atoms with Crippen molar-refractivity contribution in [1.29, 1.82) is 0 Å². The van der Waals surface area contributed by atoms with Gasteiger partial charge in [0.1, 0.15) is 0 Å². The molecule has 0 unspecified atom stereocenters. The molecule has 0 spiro atoms. The second kappa shape index (κ2) is 7.69. The van der Waals surface area contributed by atoms with Gasteiger partial charge in [-0.25, -0.2) is 0 Å². The Morgan fingerprint density at radius 3 is 1.00 bits per heavy atom. The monoisotopic (exact) mass is 438 g/mol. The van der Waals surface area contributed by atoms with E-state index in [2.05, 4.69) is 51.4 Å². The van der Waals surface area contributed by atoms with E-state index >= 15 is 0 Å². The quantitative estimate of drug-likeness (QED) is 0.524. The second-order valence-corrected chi connectivity index (χ2v) is 5.98. The molecule has 132 valence electrons. The van der Waals surface area contributed by atoms with Gasteiger partial charge in [-0.1, -0.05) is 0 Å². The number of hydrogen-bond donors (Lipinski definition) is 3. The van der Waals surface area contributed by atoms with Gasteiger partial charge in [-0.15, -0.1) is 12.4 Å². The van der Waals surface area contributed by atoms with Crippen LogP contribution in [-0.4, -0.2) is 37.3 Å². The summed E-state index contributed by atoms with van der Waals surface area (Å²) in [6.07, 6.45) is 0. The second-order valence-electron chi connectivity index (χ2n) is 5.98. The van der Waals surface area contributed by atoms with E-state index in [4.69, 9.17) is 0 Å². The third-order valence-electron chi connectivity index (χ3n) is 4.42. The molecular formula is C15H22BClN6Pd. The number of halogens is 1. The summed E-state index contributed by atoms with van der Waals surface area (Å²) in [4.78, 5) is 0. The van der Waals surface area contributed by atoms with Gasteiger partial charge in [0.05, 0.1) is 17.1 Å². The Hall–Kier alpha value is -1.35. The molecule has 0 aliphatic rings. The van der Waals surface area contributed by atoms with Crippen LogP contribution in [0.4, 0.5) is 0 Å². The Bertz CT molecular complexity index is 669. The van der Waals surface area contributed by atoms with Crippen molar-refractivity contribution in [2.45, 2.75) is 41.5 Å². The summed E-state index contributed by atoms with van der Waals surface area (Å²) in [6, 6.07) is 0. The maximum Gasteiger partial charge on any atom is 0.255 e. The van der Waals surface area contributed by atoms with Crippen LogP contribution in [0.2, 0.25) is 0 Å². The van der Waals surface area contributed by atoms with E-state index in [9.17, 15) is 0 Å². The topological polar surface area (TPSA) is 86.0 Å². The van der Waals surface area contributed by atoms with Gasteiger partial charge in [-0.05, 0) is 57.9 Å². The van der Waals surface area contributed by atoms with Crippen molar-refractivity contribution in [2.75, 3.05) is 0 Å². The predicted molar refractivity (Wildman–Crippen MR) is 96.1 cm³/mol. The maximum absolute atomic E-state index is 4.39. The van der Waals surface area contributed by atoms with Crippen LogP contribution in [0.3, 0.4) is 0 Å². The fourth-order valence-electron chi connectivity index (χ4n) is 3.39. The molecule has 3 heterocycles. The van der Waals surface area contributed by atoms with Crippen LogP contribution in [0.1, 0.15) is 34.2 Å². The van der Waals surface area contributed by atoms with Gasteiger partial charge in [0.25, 0.3) is 6.71 Å². The summed E-state index contributed by atoms with van der Waals surface area (Å²) in [5.74, 6) is 0. The van der Waals surface area contributed by atoms with E-state index in [0.29, 0.717) is 0 Å². The summed E-state index contributed by atoms with van der Waals surface area (Å²) in [5, 5.41) is 22.5. The minimum atomic E-state index is 0. The van der Waals surface area contributed by atoms with E-state index < -0.39 is 0 Å². The van der Waals surface area contributed by atoms with Gasteiger partial charge in [-0.2, -0.15) is 15.3 Å². The molecule has 0 saturated carbocycles. The molecule has 0 atom stereocenters. The van der Waals surface area contributed by atoms with Crippen LogP contribution in [0.5, 0.6) is 0 Å². The van der Waals surface area contributed by atoms with E-state index in [1.807, 2.05) is 20.8 Å². The SMILES string of the molecule is Cc1n[nH]c(C)c1B(c1c(C)n[nH]c1C)c1c(C)n[nH]c1C.Cl.[Pd]. The van der Waals surface area contributed by atoms with Crippen LogP contribution < -0.4 is 16.4 Å². The molecule has 6 nitrogen and oxygen atoms in total. The molecule has 3 rings (SSSR count). The molecule has 0 bridgehead atoms. The molecule has 0 fully saturated rings. The standard InChI is InChI=1S/C15H21BN6.ClH.Pd/c1-7-13(8(2)18-17-7)16(14-9(3)19-20-10(14)4)15-11(5)21-22-12(15)6;;/h1-6H3,(H,17,18)(H,19,20)(H,21,22);1H;. The van der Waals surface area contributed by atoms with Gasteiger partial charge < -0.3 is 0 Å². The van der Waals surface area contributed by atoms with Gasteiger partial charge in [0.2, 0.25) is 0 Å². The van der Waals surface area contributed by atoms with Crippen molar-refractivity contribution in [3.05, 3.63) is 34.2 Å². The van der Waals surface area contributed by atoms with E-state index in [1.165, 1.54) is 16.4 Å². The van der Waals surface area contributed by atoms with Crippen LogP contribution in [-0.2, 0) is 20.4 Å². The van der Waals surface area contributed by atoms with Crippen molar-refractivity contribution in [1.82, 2.24) is 30.6 Å². The van der Waals surface area contributed by atoms with Gasteiger partial charge in [0, 0.05) is 37.5 Å². The summed E-state index contributed by atoms with van der Waals surface area (Å²) >= 11 is 0. The first kappa shape index (κ1) is 20.7. The normalized spacial score (nSPS) is 10.2. The summed E-state index contributed by atoms with van der Waals surface area (Å²) in [6.45, 7) is 12.4. The van der Waals surface area contributed by atoms with E-state index in [1.54, 1.807) is 0 Å². The minimum absolute atomic E-state index is 0. The fraction of sp³-hybridized carbons (Fsp3) is 0.400. The number of rotatable bonds is 3. The van der Waals surface area contributed by atoms with E-state index in [-0.39, 0.29) is 39.5 Å². The van der Waals surface area contributed by atoms with Crippen molar-refractivity contribution in [2.24, 2.45) is 0 Å². The van der Waals surface area contributed by atoms with Crippen molar-refractivity contribution in [3.8, 4) is 0 Å². The van der Waals surface area contributed by atoms with Crippen molar-refractivity contribution in [3.63, 3.8) is 0 Å². The number of nitrogens with one attached hydrogen (secondary N) is 3. The average molecular weight is 439 g/mol. The Balaban J connectivity index is 0.00000144. The number of aromatic amines is 3. The largest absolute Gasteiger partial charge is 0.283 e. The summed E-state index contributed by atoms with van der Waals surface area (Å²) < 4.78 is 0. The molecule has 24 heavy (non-hydrogen) atoms. The first-order valence-electron chi connectivity index (χ1n) is 7.46. The van der Waals surface area contributed by atoms with Crippen LogP contribution in [0.15, 0.2) is 0 Å². The molecule has 9 heteroatoms. The van der Waals surface area contributed by atoms with E-state index in [0.717, 1.165) is 34.2 Å². The van der Waals surface area contributed by atoms with Crippen molar-refractivity contribution < 1.29 is 20.4 Å². The number of H-pyrrole nitrogens is 3. The maximum atomic E-state index is 4.39. The fourth-order valence-corrected chi connectivity index (χ4v) is 3.39. The molecule has 3 N–H and O–H groups in total. The molecule has 0 aliphatic heterocycles. The number of nitrogens with zero attached hydrogens (tertiary/aromatic N) is 3. The van der Waals surface area contributed by atoms with Gasteiger partial charge in [-0.3, -0.25) is 15.3 Å². The molecule has 0 saturated heterocycles. The van der Waals surface area contributed by atoms with Crippen molar-refractivity contribution >= 4 is 35.5 Å². The summed E-state index contributed by atoms with van der Waals surface area (Å²) in [7, 11) is 0. The summed E-state index contributed by atoms with van der Waals surface area (Å²) in [5.41, 5.74) is 9.93. The zero-order valence-corrected chi connectivity index (χ0v) is 17.0. The van der Waals surface area contributed by atoms with Crippen LogP contribution >= 0.6 is 12.4 Å². The van der Waals surface area contributed by atoms with Crippen LogP contribution in [0, 0.1) is 41.5 Å². The molecule has 3 aromatic heterocycles. The third-order valence-corrected chi connectivity index (χ3v) is 4.42. The Morgan fingerprint density at radius 2 is 0.833 bits per heavy atom. The molecule has 0 radical (unpaired) electrons. The minimum Gasteiger partial charge on any atom is -0.283 e. The van der Waals surface area contributed by atoms with Gasteiger partial charge >= 0.3 is 0 Å². The number of aromatic nitrogens is 6. The Labute approximate surface area is 162 Å². The molecule has 3 aromatic rings.